The van der Waals surface area contributed by atoms with Crippen molar-refractivity contribution in [1.29, 1.82) is 0 Å². The Hall–Kier alpha value is -3.14. The van der Waals surface area contributed by atoms with Crippen LogP contribution in [0.1, 0.15) is 22.5 Å². The summed E-state index contributed by atoms with van der Waals surface area (Å²) >= 11 is 0. The Bertz CT molecular complexity index is 827. The van der Waals surface area contributed by atoms with Crippen molar-refractivity contribution in [2.24, 2.45) is 0 Å². The summed E-state index contributed by atoms with van der Waals surface area (Å²) in [7, 11) is 1.66. The molecule has 0 fully saturated rings. The number of nitrogens with two attached hydrogens (primary N) is 1. The molecule has 0 aliphatic carbocycles. The molecule has 24 heavy (non-hydrogen) atoms. The van der Waals surface area contributed by atoms with Crippen molar-refractivity contribution in [2.45, 2.75) is 6.42 Å². The van der Waals surface area contributed by atoms with Gasteiger partial charge in [0.2, 0.25) is 0 Å². The van der Waals surface area contributed by atoms with Gasteiger partial charge in [0.15, 0.2) is 0 Å². The molecule has 0 spiro atoms. The van der Waals surface area contributed by atoms with Gasteiger partial charge in [0.25, 0.3) is 0 Å². The van der Waals surface area contributed by atoms with Crippen LogP contribution in [0.3, 0.4) is 0 Å². The predicted octanol–water partition coefficient (Wildman–Crippen LogP) is 3.83. The van der Waals surface area contributed by atoms with Gasteiger partial charge in [-0.3, -0.25) is 0 Å². The van der Waals surface area contributed by atoms with Crippen LogP contribution in [0, 0.1) is 0 Å². The topological polar surface area (TPSA) is 61.0 Å². The fourth-order valence-electron chi connectivity index (χ4n) is 2.35. The first-order valence-electron chi connectivity index (χ1n) is 7.72. The first-order chi connectivity index (χ1) is 11.7. The number of benzene rings is 2. The van der Waals surface area contributed by atoms with Gasteiger partial charge in [-0.15, -0.1) is 0 Å². The number of hydrogen-bond acceptors (Lipinski definition) is 4. The maximum Gasteiger partial charge on any atom is 0.145 e. The van der Waals surface area contributed by atoms with Crippen molar-refractivity contribution in [3.05, 3.63) is 83.3 Å². The molecule has 3 rings (SSSR count). The second-order valence-corrected chi connectivity index (χ2v) is 5.40. The lowest BCUT2D eigenvalue weighted by Gasteiger charge is -2.05. The molecule has 0 unspecified atom stereocenters. The first kappa shape index (κ1) is 15.7. The number of ether oxygens (including phenoxy) is 1. The fourth-order valence-corrected chi connectivity index (χ4v) is 2.35. The number of anilines is 1. The maximum absolute atomic E-state index is 5.96. The van der Waals surface area contributed by atoms with E-state index in [1.54, 1.807) is 13.3 Å². The zero-order valence-electron chi connectivity index (χ0n) is 13.5. The Kier molecular flexibility index (Phi) is 4.87. The Morgan fingerprint density at radius 3 is 2.46 bits per heavy atom. The molecule has 0 bridgehead atoms. The highest BCUT2D eigenvalue weighted by atomic mass is 16.5. The van der Waals surface area contributed by atoms with E-state index in [-0.39, 0.29) is 0 Å². The predicted molar refractivity (Wildman–Crippen MR) is 97.6 cm³/mol. The molecule has 4 nitrogen and oxygen atoms in total. The highest BCUT2D eigenvalue weighted by Gasteiger charge is 2.04. The normalized spacial score (nSPS) is 10.9. The maximum atomic E-state index is 5.96. The van der Waals surface area contributed by atoms with Gasteiger partial charge in [0.05, 0.1) is 24.7 Å². The van der Waals surface area contributed by atoms with Crippen molar-refractivity contribution in [3.63, 3.8) is 0 Å². The minimum Gasteiger partial charge on any atom is -0.497 e. The lowest BCUT2D eigenvalue weighted by Crippen LogP contribution is -2.03. The highest BCUT2D eigenvalue weighted by Crippen LogP contribution is 2.16. The summed E-state index contributed by atoms with van der Waals surface area (Å²) in [6, 6.07) is 18.0. The molecule has 0 aliphatic rings. The molecule has 120 valence electrons. The highest BCUT2D eigenvalue weighted by molar-refractivity contribution is 5.68. The van der Waals surface area contributed by atoms with Crippen molar-refractivity contribution >= 4 is 18.0 Å². The van der Waals surface area contributed by atoms with E-state index < -0.39 is 0 Å². The molecule has 0 aliphatic heterocycles. The molecule has 4 heteroatoms. The summed E-state index contributed by atoms with van der Waals surface area (Å²) in [6.07, 6.45) is 6.28. The van der Waals surface area contributed by atoms with Gasteiger partial charge < -0.3 is 10.5 Å². The van der Waals surface area contributed by atoms with Gasteiger partial charge in [-0.05, 0) is 29.3 Å². The van der Waals surface area contributed by atoms with Crippen LogP contribution in [0.15, 0.2) is 60.8 Å². The Morgan fingerprint density at radius 1 is 1.00 bits per heavy atom. The summed E-state index contributed by atoms with van der Waals surface area (Å²) in [5, 5.41) is 0. The Morgan fingerprint density at radius 2 is 1.75 bits per heavy atom. The zero-order valence-corrected chi connectivity index (χ0v) is 13.5. The van der Waals surface area contributed by atoms with Crippen LogP contribution >= 0.6 is 0 Å². The van der Waals surface area contributed by atoms with Crippen LogP contribution in [0.2, 0.25) is 0 Å². The number of nitrogens with zero attached hydrogens (tertiary/aromatic N) is 2. The van der Waals surface area contributed by atoms with Crippen LogP contribution in [0.25, 0.3) is 12.2 Å². The van der Waals surface area contributed by atoms with Gasteiger partial charge in [-0.25, -0.2) is 9.97 Å². The molecule has 2 N–H and O–H groups in total. The van der Waals surface area contributed by atoms with E-state index in [1.165, 1.54) is 0 Å². The van der Waals surface area contributed by atoms with E-state index in [4.69, 9.17) is 10.5 Å². The molecule has 0 saturated heterocycles. The zero-order chi connectivity index (χ0) is 16.8. The standard InChI is InChI=1S/C20H19N3O/c1-24-18-11-8-15(9-12-18)7-10-17-14-22-20(21)19(23-17)13-16-5-3-2-4-6-16/h2-12,14H,13H2,1H3,(H2,21,22)/b10-7+. The van der Waals surface area contributed by atoms with E-state index in [0.29, 0.717) is 12.2 Å². The van der Waals surface area contributed by atoms with Gasteiger partial charge in [0, 0.05) is 6.42 Å². The van der Waals surface area contributed by atoms with Crippen LogP contribution in [0.5, 0.6) is 5.75 Å². The second-order valence-electron chi connectivity index (χ2n) is 5.40. The van der Waals surface area contributed by atoms with Crippen molar-refractivity contribution in [3.8, 4) is 5.75 Å². The van der Waals surface area contributed by atoms with Gasteiger partial charge in [0.1, 0.15) is 11.6 Å². The summed E-state index contributed by atoms with van der Waals surface area (Å²) in [5.41, 5.74) is 9.77. The first-order valence-corrected chi connectivity index (χ1v) is 7.72. The number of hydrogen-bond donors (Lipinski definition) is 1. The molecule has 0 radical (unpaired) electrons. The average Bonchev–Trinajstić information content (AvgIpc) is 2.63. The van der Waals surface area contributed by atoms with Gasteiger partial charge >= 0.3 is 0 Å². The minimum absolute atomic E-state index is 0.473. The van der Waals surface area contributed by atoms with E-state index in [9.17, 15) is 0 Å². The molecule has 0 saturated carbocycles. The van der Waals surface area contributed by atoms with E-state index >= 15 is 0 Å². The van der Waals surface area contributed by atoms with Crippen LogP contribution in [0.4, 0.5) is 5.82 Å². The van der Waals surface area contributed by atoms with Crippen molar-refractivity contribution in [1.82, 2.24) is 9.97 Å². The molecular weight excluding hydrogens is 298 g/mol. The van der Waals surface area contributed by atoms with Crippen LogP contribution in [-0.2, 0) is 6.42 Å². The fraction of sp³-hybridized carbons (Fsp3) is 0.100. The van der Waals surface area contributed by atoms with E-state index in [0.717, 1.165) is 28.3 Å². The third kappa shape index (κ3) is 3.98. The number of aromatic nitrogens is 2. The van der Waals surface area contributed by atoms with Crippen LogP contribution in [-0.4, -0.2) is 17.1 Å². The van der Waals surface area contributed by atoms with Crippen molar-refractivity contribution < 1.29 is 4.74 Å². The molecule has 1 heterocycles. The van der Waals surface area contributed by atoms with Crippen molar-refractivity contribution in [2.75, 3.05) is 12.8 Å². The summed E-state index contributed by atoms with van der Waals surface area (Å²) < 4.78 is 5.16. The van der Waals surface area contributed by atoms with E-state index in [2.05, 4.69) is 22.1 Å². The molecule has 3 aromatic rings. The molecule has 1 aromatic heterocycles. The quantitative estimate of drug-likeness (QED) is 0.777. The van der Waals surface area contributed by atoms with E-state index in [1.807, 2.05) is 54.6 Å². The Labute approximate surface area is 141 Å². The number of nitrogen functional groups attached to an aromatic ring is 1. The average molecular weight is 317 g/mol. The lowest BCUT2D eigenvalue weighted by molar-refractivity contribution is 0.415. The molecular formula is C20H19N3O. The third-order valence-electron chi connectivity index (χ3n) is 3.67. The number of rotatable bonds is 5. The minimum atomic E-state index is 0.473. The summed E-state index contributed by atoms with van der Waals surface area (Å²) in [6.45, 7) is 0. The van der Waals surface area contributed by atoms with Gasteiger partial charge in [-0.1, -0.05) is 48.5 Å². The molecule has 2 aromatic carbocycles. The summed E-state index contributed by atoms with van der Waals surface area (Å²) in [5.74, 6) is 1.31. The number of methoxy groups -OCH3 is 1. The lowest BCUT2D eigenvalue weighted by atomic mass is 10.1. The third-order valence-corrected chi connectivity index (χ3v) is 3.67. The Balaban J connectivity index is 1.78. The SMILES string of the molecule is COc1ccc(/C=C/c2cnc(N)c(Cc3ccccc3)n2)cc1. The largest absolute Gasteiger partial charge is 0.497 e. The monoisotopic (exact) mass is 317 g/mol. The smallest absolute Gasteiger partial charge is 0.145 e. The molecule has 0 atom stereocenters. The van der Waals surface area contributed by atoms with Gasteiger partial charge in [-0.2, -0.15) is 0 Å². The molecule has 0 amide bonds. The summed E-state index contributed by atoms with van der Waals surface area (Å²) in [4.78, 5) is 8.88. The van der Waals surface area contributed by atoms with Crippen LogP contribution < -0.4 is 10.5 Å². The second kappa shape index (κ2) is 7.42.